The van der Waals surface area contributed by atoms with Gasteiger partial charge in [0, 0.05) is 23.4 Å². The van der Waals surface area contributed by atoms with Gasteiger partial charge in [-0.1, -0.05) is 23.7 Å². The van der Waals surface area contributed by atoms with Crippen molar-refractivity contribution in [3.8, 4) is 0 Å². The highest BCUT2D eigenvalue weighted by Gasteiger charge is 2.22. The van der Waals surface area contributed by atoms with E-state index >= 15 is 0 Å². The van der Waals surface area contributed by atoms with Crippen molar-refractivity contribution in [2.24, 2.45) is 0 Å². The van der Waals surface area contributed by atoms with Crippen molar-refractivity contribution in [3.63, 3.8) is 0 Å². The first-order chi connectivity index (χ1) is 14.8. The Morgan fingerprint density at radius 1 is 1.06 bits per heavy atom. The van der Waals surface area contributed by atoms with Crippen LogP contribution in [0.3, 0.4) is 0 Å². The summed E-state index contributed by atoms with van der Waals surface area (Å²) in [5.41, 5.74) is -1.27. The van der Waals surface area contributed by atoms with Crippen LogP contribution in [0.15, 0.2) is 48.7 Å². The van der Waals surface area contributed by atoms with E-state index in [9.17, 15) is 22.4 Å². The van der Waals surface area contributed by atoms with E-state index in [-0.39, 0.29) is 17.2 Å². The van der Waals surface area contributed by atoms with Gasteiger partial charge in [0.15, 0.2) is 17.2 Å². The standard InChI is InChI=1S/C19H13ClF4N6O/c20-11-3-1-2-10(6-11)9-29-5-4-15(28-29)26-19(31)13-8-16-25-12(17(21)22)7-14(18(23)24)30(16)27-13/h1-8,17-18H,9H2,(H,26,28,31). The summed E-state index contributed by atoms with van der Waals surface area (Å²) >= 11 is 5.95. The lowest BCUT2D eigenvalue weighted by Crippen LogP contribution is -2.14. The Morgan fingerprint density at radius 2 is 1.87 bits per heavy atom. The molecule has 0 saturated carbocycles. The van der Waals surface area contributed by atoms with Crippen LogP contribution < -0.4 is 5.32 Å². The number of carbonyl (C=O) groups is 1. The number of carbonyl (C=O) groups excluding carboxylic acids is 1. The summed E-state index contributed by atoms with van der Waals surface area (Å²) < 4.78 is 54.6. The number of amides is 1. The van der Waals surface area contributed by atoms with Gasteiger partial charge >= 0.3 is 0 Å². The first kappa shape index (κ1) is 20.8. The van der Waals surface area contributed by atoms with E-state index in [1.54, 1.807) is 29.1 Å². The Morgan fingerprint density at radius 3 is 2.58 bits per heavy atom. The third-order valence-corrected chi connectivity index (χ3v) is 4.51. The SMILES string of the molecule is O=C(Nc1ccn(Cc2cccc(Cl)c2)n1)c1cc2nc(C(F)F)cc(C(F)F)n2n1. The van der Waals surface area contributed by atoms with Crippen molar-refractivity contribution in [3.05, 3.63) is 76.3 Å². The van der Waals surface area contributed by atoms with Gasteiger partial charge in [-0.15, -0.1) is 0 Å². The molecule has 0 saturated heterocycles. The molecule has 0 atom stereocenters. The zero-order valence-electron chi connectivity index (χ0n) is 15.5. The molecule has 4 rings (SSSR count). The molecule has 0 aliphatic carbocycles. The summed E-state index contributed by atoms with van der Waals surface area (Å²) in [5, 5.41) is 11.1. The summed E-state index contributed by atoms with van der Waals surface area (Å²) in [6.07, 6.45) is -4.50. The number of nitrogens with zero attached hydrogens (tertiary/aromatic N) is 5. The van der Waals surface area contributed by atoms with Crippen molar-refractivity contribution in [1.29, 1.82) is 0 Å². The quantitative estimate of drug-likeness (QED) is 0.428. The molecule has 160 valence electrons. The Kier molecular flexibility index (Phi) is 5.59. The maximum atomic E-state index is 13.2. The van der Waals surface area contributed by atoms with E-state index in [2.05, 4.69) is 20.5 Å². The van der Waals surface area contributed by atoms with Gasteiger partial charge < -0.3 is 5.32 Å². The fraction of sp³-hybridized carbons (Fsp3) is 0.158. The minimum Gasteiger partial charge on any atom is -0.304 e. The lowest BCUT2D eigenvalue weighted by molar-refractivity contribution is 0.102. The first-order valence-corrected chi connectivity index (χ1v) is 9.24. The number of hydrogen-bond donors (Lipinski definition) is 1. The molecule has 1 aromatic carbocycles. The molecule has 7 nitrogen and oxygen atoms in total. The van der Waals surface area contributed by atoms with Gasteiger partial charge in [0.05, 0.1) is 6.54 Å². The Bertz CT molecular complexity index is 1260. The highest BCUT2D eigenvalue weighted by atomic mass is 35.5. The van der Waals surface area contributed by atoms with Crippen molar-refractivity contribution in [2.75, 3.05) is 5.32 Å². The van der Waals surface area contributed by atoms with Crippen molar-refractivity contribution in [1.82, 2.24) is 24.4 Å². The molecule has 31 heavy (non-hydrogen) atoms. The van der Waals surface area contributed by atoms with E-state index in [0.29, 0.717) is 22.1 Å². The lowest BCUT2D eigenvalue weighted by atomic mass is 10.2. The molecular formula is C19H13ClF4N6O. The van der Waals surface area contributed by atoms with Gasteiger partial charge in [-0.25, -0.2) is 27.1 Å². The molecule has 12 heteroatoms. The van der Waals surface area contributed by atoms with Crippen LogP contribution in [-0.2, 0) is 6.54 Å². The van der Waals surface area contributed by atoms with Crippen LogP contribution in [0.1, 0.15) is 40.3 Å². The Balaban J connectivity index is 1.55. The summed E-state index contributed by atoms with van der Waals surface area (Å²) in [4.78, 5) is 16.1. The topological polar surface area (TPSA) is 77.1 Å². The fourth-order valence-corrected chi connectivity index (χ4v) is 3.13. The zero-order chi connectivity index (χ0) is 22.1. The van der Waals surface area contributed by atoms with Gasteiger partial charge in [-0.05, 0) is 23.8 Å². The van der Waals surface area contributed by atoms with Crippen molar-refractivity contribution < 1.29 is 22.4 Å². The van der Waals surface area contributed by atoms with Crippen LogP contribution in [0.2, 0.25) is 5.02 Å². The van der Waals surface area contributed by atoms with Crippen molar-refractivity contribution in [2.45, 2.75) is 19.4 Å². The van der Waals surface area contributed by atoms with Gasteiger partial charge in [-0.3, -0.25) is 9.48 Å². The van der Waals surface area contributed by atoms with E-state index in [4.69, 9.17) is 11.6 Å². The molecule has 0 radical (unpaired) electrons. The van der Waals surface area contributed by atoms with Crippen LogP contribution in [0.4, 0.5) is 23.4 Å². The number of aromatic nitrogens is 5. The van der Waals surface area contributed by atoms with Gasteiger partial charge in [0.1, 0.15) is 11.4 Å². The predicted octanol–water partition coefficient (Wildman–Crippen LogP) is 4.76. The maximum Gasteiger partial charge on any atom is 0.280 e. The minimum absolute atomic E-state index is 0.194. The second-order valence-corrected chi connectivity index (χ2v) is 6.93. The number of alkyl halides is 4. The molecule has 0 fully saturated rings. The molecule has 4 aromatic rings. The molecule has 1 N–H and O–H groups in total. The lowest BCUT2D eigenvalue weighted by Gasteiger charge is -2.06. The fourth-order valence-electron chi connectivity index (χ4n) is 2.92. The smallest absolute Gasteiger partial charge is 0.280 e. The molecule has 0 bridgehead atoms. The summed E-state index contributed by atoms with van der Waals surface area (Å²) in [5.74, 6) is -0.559. The first-order valence-electron chi connectivity index (χ1n) is 8.86. The van der Waals surface area contributed by atoms with Crippen LogP contribution >= 0.6 is 11.6 Å². The number of nitrogens with one attached hydrogen (secondary N) is 1. The molecule has 0 aliphatic heterocycles. The second kappa shape index (κ2) is 8.34. The van der Waals surface area contributed by atoms with Crippen LogP contribution in [0.25, 0.3) is 5.65 Å². The molecule has 0 unspecified atom stereocenters. The minimum atomic E-state index is -3.08. The third kappa shape index (κ3) is 4.50. The number of anilines is 1. The third-order valence-electron chi connectivity index (χ3n) is 4.27. The molecule has 0 aliphatic rings. The van der Waals surface area contributed by atoms with Gasteiger partial charge in [0.2, 0.25) is 0 Å². The zero-order valence-corrected chi connectivity index (χ0v) is 16.3. The summed E-state index contributed by atoms with van der Waals surface area (Å²) in [6.45, 7) is 0.406. The number of rotatable bonds is 6. The normalized spacial score (nSPS) is 11.6. The van der Waals surface area contributed by atoms with E-state index < -0.39 is 30.1 Å². The van der Waals surface area contributed by atoms with Gasteiger partial charge in [-0.2, -0.15) is 10.2 Å². The van der Waals surface area contributed by atoms with E-state index in [1.807, 2.05) is 6.07 Å². The number of halogens is 5. The van der Waals surface area contributed by atoms with E-state index in [1.165, 1.54) is 6.07 Å². The molecule has 3 aromatic heterocycles. The largest absolute Gasteiger partial charge is 0.304 e. The Labute approximate surface area is 177 Å². The molecule has 0 spiro atoms. The predicted molar refractivity (Wildman–Crippen MR) is 104 cm³/mol. The molecule has 3 heterocycles. The monoisotopic (exact) mass is 452 g/mol. The highest BCUT2D eigenvalue weighted by molar-refractivity contribution is 6.30. The van der Waals surface area contributed by atoms with E-state index in [0.717, 1.165) is 11.6 Å². The summed E-state index contributed by atoms with van der Waals surface area (Å²) in [6, 6.07) is 10.3. The van der Waals surface area contributed by atoms with Crippen LogP contribution in [0, 0.1) is 0 Å². The summed E-state index contributed by atoms with van der Waals surface area (Å²) in [7, 11) is 0. The maximum absolute atomic E-state index is 13.2. The van der Waals surface area contributed by atoms with Crippen LogP contribution in [0.5, 0.6) is 0 Å². The molecular weight excluding hydrogens is 440 g/mol. The van der Waals surface area contributed by atoms with Crippen LogP contribution in [-0.4, -0.2) is 30.3 Å². The highest BCUT2D eigenvalue weighted by Crippen LogP contribution is 2.25. The number of benzene rings is 1. The average molecular weight is 453 g/mol. The number of hydrogen-bond acceptors (Lipinski definition) is 4. The Hall–Kier alpha value is -3.47. The van der Waals surface area contributed by atoms with Crippen molar-refractivity contribution >= 4 is 29.0 Å². The van der Waals surface area contributed by atoms with Gasteiger partial charge in [0.25, 0.3) is 18.8 Å². The average Bonchev–Trinajstić information content (AvgIpc) is 3.33. The second-order valence-electron chi connectivity index (χ2n) is 6.49. The molecule has 1 amide bonds. The number of fused-ring (bicyclic) bond motifs is 1.